The molecule has 6 rings (SSSR count). The molecule has 5 aromatic heterocycles. The van der Waals surface area contributed by atoms with Gasteiger partial charge in [-0.2, -0.15) is 0 Å². The van der Waals surface area contributed by atoms with Gasteiger partial charge in [0.15, 0.2) is 22.8 Å². The smallest absolute Gasteiger partial charge is 0.182 e. The summed E-state index contributed by atoms with van der Waals surface area (Å²) in [6.45, 7) is 2.57. The maximum absolute atomic E-state index is 5.29. The van der Waals surface area contributed by atoms with Gasteiger partial charge in [-0.1, -0.05) is 18.2 Å². The van der Waals surface area contributed by atoms with E-state index in [0.29, 0.717) is 29.4 Å². The van der Waals surface area contributed by atoms with E-state index in [1.54, 1.807) is 13.3 Å². The Labute approximate surface area is 209 Å². The lowest BCUT2D eigenvalue weighted by molar-refractivity contribution is 0.414. The Morgan fingerprint density at radius 3 is 2.60 bits per heavy atom. The molecule has 0 aliphatic heterocycles. The Kier molecular flexibility index (Phi) is 5.26. The van der Waals surface area contributed by atoms with Gasteiger partial charge in [-0.15, -0.1) is 0 Å². The second-order valence-corrected chi connectivity index (χ2v) is 8.90. The number of pyridine rings is 2. The molecule has 0 atom stereocenters. The minimum Gasteiger partial charge on any atom is -0.497 e. The maximum atomic E-state index is 5.29. The molecule has 0 unspecified atom stereocenters. The second-order valence-electron chi connectivity index (χ2n) is 8.15. The molecule has 6 aromatic rings. The van der Waals surface area contributed by atoms with Gasteiger partial charge in [0.1, 0.15) is 16.0 Å². The molecule has 0 bridgehead atoms. The van der Waals surface area contributed by atoms with Crippen LogP contribution in [0.15, 0.2) is 77.9 Å². The zero-order valence-electron chi connectivity index (χ0n) is 19.1. The van der Waals surface area contributed by atoms with Crippen LogP contribution in [0.25, 0.3) is 39.4 Å². The summed E-state index contributed by atoms with van der Waals surface area (Å²) >= 11 is 3.55. The first-order valence-electron chi connectivity index (χ1n) is 11.0. The normalized spacial score (nSPS) is 11.4. The van der Waals surface area contributed by atoms with Crippen molar-refractivity contribution < 1.29 is 4.74 Å². The Hall–Kier alpha value is -4.11. The third kappa shape index (κ3) is 3.83. The number of methoxy groups -OCH3 is 1. The number of aromatic nitrogens is 7. The molecule has 0 saturated heterocycles. The maximum Gasteiger partial charge on any atom is 0.182 e. The van der Waals surface area contributed by atoms with Crippen molar-refractivity contribution in [3.63, 3.8) is 0 Å². The van der Waals surface area contributed by atoms with Gasteiger partial charge in [0.25, 0.3) is 0 Å². The first-order chi connectivity index (χ1) is 17.1. The number of halogens is 1. The van der Waals surface area contributed by atoms with Gasteiger partial charge < -0.3 is 9.30 Å². The number of aryl methyl sites for hydroxylation is 1. The first-order valence-corrected chi connectivity index (χ1v) is 11.8. The molecule has 0 N–H and O–H groups in total. The van der Waals surface area contributed by atoms with Crippen LogP contribution in [0.1, 0.15) is 11.3 Å². The Balaban J connectivity index is 1.56. The standard InChI is InChI=1S/C26H20BrN7O/c1-16-4-3-5-20(30-16)24-31-25-22(29-15-33(25)14-17-6-8-18(35-2)9-7-17)26(32-24)34-13-11-19-21(34)10-12-28-23(19)27/h3-13,15H,14H2,1-2H3. The van der Waals surface area contributed by atoms with Crippen molar-refractivity contribution in [3.05, 3.63) is 89.2 Å². The van der Waals surface area contributed by atoms with Crippen molar-refractivity contribution in [2.45, 2.75) is 13.5 Å². The van der Waals surface area contributed by atoms with Crippen molar-refractivity contribution in [1.82, 2.24) is 34.1 Å². The molecule has 0 radical (unpaired) electrons. The Morgan fingerprint density at radius 1 is 0.943 bits per heavy atom. The lowest BCUT2D eigenvalue weighted by Gasteiger charge is -2.10. The van der Waals surface area contributed by atoms with E-state index in [1.165, 1.54) is 0 Å². The fourth-order valence-electron chi connectivity index (χ4n) is 4.14. The average molecular weight is 526 g/mol. The predicted octanol–water partition coefficient (Wildman–Crippen LogP) is 5.36. The fraction of sp³-hybridized carbons (Fsp3) is 0.115. The van der Waals surface area contributed by atoms with E-state index in [4.69, 9.17) is 19.7 Å². The molecule has 35 heavy (non-hydrogen) atoms. The van der Waals surface area contributed by atoms with Crippen molar-refractivity contribution in [2.24, 2.45) is 0 Å². The second kappa shape index (κ2) is 8.59. The molecule has 0 aliphatic carbocycles. The van der Waals surface area contributed by atoms with E-state index in [2.05, 4.69) is 25.9 Å². The molecular weight excluding hydrogens is 506 g/mol. The third-order valence-corrected chi connectivity index (χ3v) is 6.50. The van der Waals surface area contributed by atoms with Crippen LogP contribution < -0.4 is 4.74 Å². The SMILES string of the molecule is COc1ccc(Cn2cnc3c(-n4ccc5c(Br)nccc54)nc(-c4cccc(C)n4)nc32)cc1. The van der Waals surface area contributed by atoms with Crippen LogP contribution in [0.4, 0.5) is 0 Å². The number of fused-ring (bicyclic) bond motifs is 2. The fourth-order valence-corrected chi connectivity index (χ4v) is 4.59. The summed E-state index contributed by atoms with van der Waals surface area (Å²) in [5, 5.41) is 0.993. The molecule has 8 nitrogen and oxygen atoms in total. The topological polar surface area (TPSA) is 83.5 Å². The zero-order chi connectivity index (χ0) is 23.9. The highest BCUT2D eigenvalue weighted by atomic mass is 79.9. The Morgan fingerprint density at radius 2 is 1.80 bits per heavy atom. The molecular formula is C26H20BrN7O. The van der Waals surface area contributed by atoms with E-state index in [1.807, 2.05) is 83.2 Å². The van der Waals surface area contributed by atoms with Crippen LogP contribution in [0.5, 0.6) is 5.75 Å². The van der Waals surface area contributed by atoms with Crippen LogP contribution in [-0.4, -0.2) is 41.2 Å². The summed E-state index contributed by atoms with van der Waals surface area (Å²) in [6.07, 6.45) is 5.56. The van der Waals surface area contributed by atoms with Gasteiger partial charge in [-0.05, 0) is 64.8 Å². The molecule has 0 aliphatic rings. The van der Waals surface area contributed by atoms with E-state index in [0.717, 1.165) is 38.2 Å². The summed E-state index contributed by atoms with van der Waals surface area (Å²) in [5.74, 6) is 2.05. The average Bonchev–Trinajstić information content (AvgIpc) is 3.49. The molecule has 0 saturated carbocycles. The van der Waals surface area contributed by atoms with Crippen LogP contribution in [0, 0.1) is 6.92 Å². The van der Waals surface area contributed by atoms with Gasteiger partial charge in [0.05, 0.1) is 25.5 Å². The molecule has 0 fully saturated rings. The minimum atomic E-state index is 0.544. The van der Waals surface area contributed by atoms with Crippen molar-refractivity contribution in [3.8, 4) is 23.1 Å². The van der Waals surface area contributed by atoms with Gasteiger partial charge in [0.2, 0.25) is 0 Å². The third-order valence-electron chi connectivity index (χ3n) is 5.87. The number of rotatable bonds is 5. The van der Waals surface area contributed by atoms with Crippen molar-refractivity contribution in [2.75, 3.05) is 7.11 Å². The zero-order valence-corrected chi connectivity index (χ0v) is 20.6. The predicted molar refractivity (Wildman–Crippen MR) is 138 cm³/mol. The van der Waals surface area contributed by atoms with Crippen molar-refractivity contribution in [1.29, 1.82) is 0 Å². The summed E-state index contributed by atoms with van der Waals surface area (Å²) < 4.78 is 10.1. The largest absolute Gasteiger partial charge is 0.497 e. The quantitative estimate of drug-likeness (QED) is 0.282. The van der Waals surface area contributed by atoms with Crippen LogP contribution in [0.3, 0.4) is 0 Å². The summed E-state index contributed by atoms with van der Waals surface area (Å²) in [6, 6.07) is 17.8. The number of nitrogens with zero attached hydrogens (tertiary/aromatic N) is 7. The van der Waals surface area contributed by atoms with E-state index in [9.17, 15) is 0 Å². The van der Waals surface area contributed by atoms with E-state index < -0.39 is 0 Å². The lowest BCUT2D eigenvalue weighted by atomic mass is 10.2. The molecule has 5 heterocycles. The number of benzene rings is 1. The monoisotopic (exact) mass is 525 g/mol. The Bertz CT molecular complexity index is 1690. The molecule has 1 aromatic carbocycles. The van der Waals surface area contributed by atoms with E-state index in [-0.39, 0.29) is 0 Å². The summed E-state index contributed by atoms with van der Waals surface area (Å²) in [5.41, 5.74) is 5.15. The van der Waals surface area contributed by atoms with Gasteiger partial charge >= 0.3 is 0 Å². The lowest BCUT2D eigenvalue weighted by Crippen LogP contribution is -2.05. The van der Waals surface area contributed by atoms with Crippen molar-refractivity contribution >= 4 is 38.0 Å². The summed E-state index contributed by atoms with van der Waals surface area (Å²) in [7, 11) is 1.66. The van der Waals surface area contributed by atoms with Gasteiger partial charge in [-0.3, -0.25) is 4.57 Å². The number of ether oxygens (including phenoxy) is 1. The molecule has 0 spiro atoms. The van der Waals surface area contributed by atoms with Crippen LogP contribution >= 0.6 is 15.9 Å². The molecule has 172 valence electrons. The number of imidazole rings is 1. The molecule has 9 heteroatoms. The van der Waals surface area contributed by atoms with Gasteiger partial charge in [0, 0.05) is 23.5 Å². The minimum absolute atomic E-state index is 0.544. The summed E-state index contributed by atoms with van der Waals surface area (Å²) in [4.78, 5) is 23.6. The first kappa shape index (κ1) is 21.4. The highest BCUT2D eigenvalue weighted by Gasteiger charge is 2.18. The molecule has 0 amide bonds. The van der Waals surface area contributed by atoms with Crippen LogP contribution in [-0.2, 0) is 6.54 Å². The van der Waals surface area contributed by atoms with Crippen LogP contribution in [0.2, 0.25) is 0 Å². The number of hydrogen-bond donors (Lipinski definition) is 0. The van der Waals surface area contributed by atoms with Gasteiger partial charge in [-0.25, -0.2) is 24.9 Å². The highest BCUT2D eigenvalue weighted by Crippen LogP contribution is 2.29. The van der Waals surface area contributed by atoms with E-state index >= 15 is 0 Å². The number of hydrogen-bond acceptors (Lipinski definition) is 6. The highest BCUT2D eigenvalue weighted by molar-refractivity contribution is 9.10.